The number of esters is 1. The molecule has 1 aliphatic heterocycles. The number of anilines is 1. The van der Waals surface area contributed by atoms with E-state index in [0.717, 1.165) is 35.7 Å². The molecule has 0 aromatic heterocycles. The molecular formula is C22H26N2O4. The van der Waals surface area contributed by atoms with E-state index in [1.54, 1.807) is 12.0 Å². The molecule has 2 aromatic rings. The lowest BCUT2D eigenvalue weighted by molar-refractivity contribution is -0.151. The molecule has 6 nitrogen and oxygen atoms in total. The van der Waals surface area contributed by atoms with E-state index in [-0.39, 0.29) is 24.9 Å². The normalized spacial score (nSPS) is 13.9. The number of methoxy groups -OCH3 is 1. The number of amides is 1. The van der Waals surface area contributed by atoms with Gasteiger partial charge in [-0.2, -0.15) is 0 Å². The van der Waals surface area contributed by atoms with Crippen molar-refractivity contribution in [3.63, 3.8) is 0 Å². The summed E-state index contributed by atoms with van der Waals surface area (Å²) in [4.78, 5) is 28.3. The van der Waals surface area contributed by atoms with Gasteiger partial charge in [-0.15, -0.1) is 0 Å². The van der Waals surface area contributed by atoms with Crippen LogP contribution >= 0.6 is 0 Å². The standard InChI is InChI=1S/C22H26N2O4/c1-17-3-5-18(6-4-17)15-22(26)28-16-21(25)24-13-11-23(12-14-24)19-7-9-20(27-2)10-8-19/h3-10H,11-16H2,1-2H3. The maximum absolute atomic E-state index is 12.3. The van der Waals surface area contributed by atoms with Crippen molar-refractivity contribution in [3.05, 3.63) is 59.7 Å². The van der Waals surface area contributed by atoms with Crippen LogP contribution in [0.1, 0.15) is 11.1 Å². The van der Waals surface area contributed by atoms with Crippen LogP contribution in [0.15, 0.2) is 48.5 Å². The number of hydrogen-bond acceptors (Lipinski definition) is 5. The Morgan fingerprint density at radius 1 is 0.929 bits per heavy atom. The minimum absolute atomic E-state index is 0.147. The van der Waals surface area contributed by atoms with Gasteiger partial charge in [-0.1, -0.05) is 29.8 Å². The molecule has 148 valence electrons. The number of carbonyl (C=O) groups is 2. The maximum atomic E-state index is 12.3. The first kappa shape index (κ1) is 19.7. The van der Waals surface area contributed by atoms with Gasteiger partial charge in [-0.3, -0.25) is 9.59 Å². The largest absolute Gasteiger partial charge is 0.497 e. The Labute approximate surface area is 165 Å². The fourth-order valence-electron chi connectivity index (χ4n) is 3.16. The van der Waals surface area contributed by atoms with E-state index in [2.05, 4.69) is 4.90 Å². The molecular weight excluding hydrogens is 356 g/mol. The monoisotopic (exact) mass is 382 g/mol. The Bertz CT molecular complexity index is 794. The first-order valence-corrected chi connectivity index (χ1v) is 9.43. The van der Waals surface area contributed by atoms with E-state index < -0.39 is 0 Å². The second kappa shape index (κ2) is 9.26. The summed E-state index contributed by atoms with van der Waals surface area (Å²) in [6.07, 6.45) is 0.179. The molecule has 0 saturated carbocycles. The summed E-state index contributed by atoms with van der Waals surface area (Å²) in [7, 11) is 1.65. The van der Waals surface area contributed by atoms with Crippen molar-refractivity contribution in [2.45, 2.75) is 13.3 Å². The minimum atomic E-state index is -0.380. The first-order chi connectivity index (χ1) is 13.5. The molecule has 28 heavy (non-hydrogen) atoms. The number of nitrogens with zero attached hydrogens (tertiary/aromatic N) is 2. The zero-order valence-corrected chi connectivity index (χ0v) is 16.4. The zero-order chi connectivity index (χ0) is 19.9. The summed E-state index contributed by atoms with van der Waals surface area (Å²) >= 11 is 0. The smallest absolute Gasteiger partial charge is 0.310 e. The van der Waals surface area contributed by atoms with Crippen molar-refractivity contribution in [2.24, 2.45) is 0 Å². The Balaban J connectivity index is 1.42. The molecule has 0 unspecified atom stereocenters. The lowest BCUT2D eigenvalue weighted by Gasteiger charge is -2.36. The highest BCUT2D eigenvalue weighted by molar-refractivity contribution is 5.81. The summed E-state index contributed by atoms with van der Waals surface area (Å²) in [5, 5.41) is 0. The SMILES string of the molecule is COc1ccc(N2CCN(C(=O)COC(=O)Cc3ccc(C)cc3)CC2)cc1. The highest BCUT2D eigenvalue weighted by Gasteiger charge is 2.22. The topological polar surface area (TPSA) is 59.1 Å². The third-order valence-corrected chi connectivity index (χ3v) is 4.90. The number of aryl methyl sites for hydroxylation is 1. The van der Waals surface area contributed by atoms with Gasteiger partial charge in [0, 0.05) is 31.9 Å². The van der Waals surface area contributed by atoms with Crippen LogP contribution < -0.4 is 9.64 Å². The number of rotatable bonds is 6. The molecule has 0 bridgehead atoms. The van der Waals surface area contributed by atoms with E-state index in [1.165, 1.54) is 0 Å². The van der Waals surface area contributed by atoms with Crippen LogP contribution in [0.2, 0.25) is 0 Å². The van der Waals surface area contributed by atoms with Crippen LogP contribution in [0.3, 0.4) is 0 Å². The molecule has 1 amide bonds. The van der Waals surface area contributed by atoms with E-state index in [4.69, 9.17) is 9.47 Å². The Kier molecular flexibility index (Phi) is 6.53. The molecule has 0 spiro atoms. The van der Waals surface area contributed by atoms with Crippen molar-refractivity contribution in [2.75, 3.05) is 44.8 Å². The molecule has 1 fully saturated rings. The molecule has 3 rings (SSSR count). The molecule has 2 aromatic carbocycles. The highest BCUT2D eigenvalue weighted by atomic mass is 16.5. The lowest BCUT2D eigenvalue weighted by atomic mass is 10.1. The molecule has 1 saturated heterocycles. The van der Waals surface area contributed by atoms with Crippen LogP contribution in [0.5, 0.6) is 5.75 Å². The second-order valence-electron chi connectivity index (χ2n) is 6.89. The van der Waals surface area contributed by atoms with Gasteiger partial charge in [0.2, 0.25) is 0 Å². The number of carbonyl (C=O) groups excluding carboxylic acids is 2. The van der Waals surface area contributed by atoms with Gasteiger partial charge in [-0.25, -0.2) is 0 Å². The summed E-state index contributed by atoms with van der Waals surface area (Å²) < 4.78 is 10.4. The predicted octanol–water partition coefficient (Wildman–Crippen LogP) is 2.44. The Morgan fingerprint density at radius 3 is 2.18 bits per heavy atom. The first-order valence-electron chi connectivity index (χ1n) is 9.43. The van der Waals surface area contributed by atoms with E-state index in [1.807, 2.05) is 55.5 Å². The maximum Gasteiger partial charge on any atom is 0.310 e. The van der Waals surface area contributed by atoms with Gasteiger partial charge in [0.05, 0.1) is 13.5 Å². The van der Waals surface area contributed by atoms with Crippen LogP contribution in [0, 0.1) is 6.92 Å². The van der Waals surface area contributed by atoms with Crippen LogP contribution in [-0.2, 0) is 20.7 Å². The van der Waals surface area contributed by atoms with Crippen molar-refractivity contribution >= 4 is 17.6 Å². The lowest BCUT2D eigenvalue weighted by Crippen LogP contribution is -2.49. The van der Waals surface area contributed by atoms with Crippen molar-refractivity contribution < 1.29 is 19.1 Å². The molecule has 0 N–H and O–H groups in total. The van der Waals surface area contributed by atoms with Gasteiger partial charge in [0.25, 0.3) is 5.91 Å². The molecule has 1 aliphatic rings. The van der Waals surface area contributed by atoms with Crippen LogP contribution in [0.25, 0.3) is 0 Å². The third kappa shape index (κ3) is 5.25. The van der Waals surface area contributed by atoms with E-state index in [0.29, 0.717) is 13.1 Å². The van der Waals surface area contributed by atoms with E-state index in [9.17, 15) is 9.59 Å². The number of piperazine rings is 1. The fourth-order valence-corrected chi connectivity index (χ4v) is 3.16. The number of hydrogen-bond donors (Lipinski definition) is 0. The fraction of sp³-hybridized carbons (Fsp3) is 0.364. The predicted molar refractivity (Wildman–Crippen MR) is 108 cm³/mol. The summed E-state index contributed by atoms with van der Waals surface area (Å²) in [6.45, 7) is 4.51. The minimum Gasteiger partial charge on any atom is -0.497 e. The van der Waals surface area contributed by atoms with Gasteiger partial charge in [-0.05, 0) is 36.8 Å². The van der Waals surface area contributed by atoms with Gasteiger partial charge in [0.1, 0.15) is 5.75 Å². The van der Waals surface area contributed by atoms with Gasteiger partial charge >= 0.3 is 5.97 Å². The Morgan fingerprint density at radius 2 is 1.57 bits per heavy atom. The Hall–Kier alpha value is -3.02. The van der Waals surface area contributed by atoms with Crippen LogP contribution in [0.4, 0.5) is 5.69 Å². The summed E-state index contributed by atoms with van der Waals surface area (Å²) in [5.41, 5.74) is 3.13. The van der Waals surface area contributed by atoms with E-state index >= 15 is 0 Å². The van der Waals surface area contributed by atoms with Crippen LogP contribution in [-0.4, -0.2) is 56.7 Å². The zero-order valence-electron chi connectivity index (χ0n) is 16.4. The van der Waals surface area contributed by atoms with Crippen molar-refractivity contribution in [3.8, 4) is 5.75 Å². The second-order valence-corrected chi connectivity index (χ2v) is 6.89. The van der Waals surface area contributed by atoms with Gasteiger partial charge < -0.3 is 19.3 Å². The summed E-state index contributed by atoms with van der Waals surface area (Å²) in [6, 6.07) is 15.6. The highest BCUT2D eigenvalue weighted by Crippen LogP contribution is 2.20. The average Bonchev–Trinajstić information content (AvgIpc) is 2.74. The van der Waals surface area contributed by atoms with Gasteiger partial charge in [0.15, 0.2) is 6.61 Å². The number of benzene rings is 2. The molecule has 6 heteroatoms. The molecule has 0 aliphatic carbocycles. The summed E-state index contributed by atoms with van der Waals surface area (Å²) in [5.74, 6) is 0.297. The van der Waals surface area contributed by atoms with Crippen molar-refractivity contribution in [1.29, 1.82) is 0 Å². The quantitative estimate of drug-likeness (QED) is 0.719. The average molecular weight is 382 g/mol. The number of ether oxygens (including phenoxy) is 2. The van der Waals surface area contributed by atoms with Crippen molar-refractivity contribution in [1.82, 2.24) is 4.90 Å². The molecule has 0 radical (unpaired) electrons. The third-order valence-electron chi connectivity index (χ3n) is 4.90. The molecule has 0 atom stereocenters. The molecule has 1 heterocycles.